The Balaban J connectivity index is 1.98. The Kier molecular flexibility index (Phi) is 8.78. The van der Waals surface area contributed by atoms with Crippen molar-refractivity contribution < 1.29 is 38.5 Å². The van der Waals surface area contributed by atoms with Gasteiger partial charge < -0.3 is 19.3 Å². The third-order valence-electron chi connectivity index (χ3n) is 4.77. The van der Waals surface area contributed by atoms with Gasteiger partial charge in [0.15, 0.2) is 23.2 Å². The number of ether oxygens (including phenoxy) is 3. The summed E-state index contributed by atoms with van der Waals surface area (Å²) >= 11 is 8.56. The maximum Gasteiger partial charge on any atom is 0.344 e. The molecule has 0 unspecified atom stereocenters. The standard InChI is InChI=1S/C24H21BrN2O8S/c1-3-33-18-10-14(17(25)11-19(18)35-12-20(28)34-4-2)9-16-21(29)26-24(36)27(22(16)30)15-7-5-6-13(8-15)23(31)32/h5-11H,3-4,12H2,1-2H3,(H,31,32)(H,26,29,36). The number of nitrogens with one attached hydrogen (secondary N) is 1. The van der Waals surface area contributed by atoms with Crippen LogP contribution >= 0.6 is 28.1 Å². The number of rotatable bonds is 9. The predicted octanol–water partition coefficient (Wildman–Crippen LogP) is 3.32. The van der Waals surface area contributed by atoms with E-state index < -0.39 is 23.8 Å². The highest BCUT2D eigenvalue weighted by molar-refractivity contribution is 9.10. The Bertz CT molecular complexity index is 1280. The average molecular weight is 577 g/mol. The number of aromatic carboxylic acids is 1. The summed E-state index contributed by atoms with van der Waals surface area (Å²) in [6.45, 7) is 3.62. The maximum atomic E-state index is 13.3. The Morgan fingerprint density at radius 1 is 1.11 bits per heavy atom. The van der Waals surface area contributed by atoms with Crippen molar-refractivity contribution in [2.24, 2.45) is 0 Å². The van der Waals surface area contributed by atoms with Crippen LogP contribution in [0.5, 0.6) is 11.5 Å². The third kappa shape index (κ3) is 6.07. The fourth-order valence-corrected chi connectivity index (χ4v) is 3.93. The molecule has 1 heterocycles. The lowest BCUT2D eigenvalue weighted by molar-refractivity contribution is -0.145. The van der Waals surface area contributed by atoms with Crippen LogP contribution in [0.25, 0.3) is 6.08 Å². The van der Waals surface area contributed by atoms with Crippen molar-refractivity contribution in [3.63, 3.8) is 0 Å². The Morgan fingerprint density at radius 3 is 2.50 bits per heavy atom. The van der Waals surface area contributed by atoms with E-state index in [4.69, 9.17) is 26.4 Å². The van der Waals surface area contributed by atoms with E-state index >= 15 is 0 Å². The molecule has 2 aromatic carbocycles. The van der Waals surface area contributed by atoms with Crippen LogP contribution in [-0.2, 0) is 19.1 Å². The number of esters is 1. The fourth-order valence-electron chi connectivity index (χ4n) is 3.21. The van der Waals surface area contributed by atoms with Crippen LogP contribution in [-0.4, -0.2) is 53.8 Å². The van der Waals surface area contributed by atoms with Gasteiger partial charge in [0.25, 0.3) is 11.8 Å². The number of carboxylic acids is 1. The predicted molar refractivity (Wildman–Crippen MR) is 137 cm³/mol. The summed E-state index contributed by atoms with van der Waals surface area (Å²) in [6.07, 6.45) is 1.34. The van der Waals surface area contributed by atoms with Gasteiger partial charge in [0.05, 0.1) is 24.5 Å². The monoisotopic (exact) mass is 576 g/mol. The molecule has 1 aliphatic heterocycles. The molecule has 3 rings (SSSR count). The zero-order chi connectivity index (χ0) is 26.4. The van der Waals surface area contributed by atoms with Crippen LogP contribution in [0.15, 0.2) is 46.4 Å². The van der Waals surface area contributed by atoms with E-state index in [1.54, 1.807) is 26.0 Å². The molecule has 36 heavy (non-hydrogen) atoms. The number of halogens is 1. The first-order valence-corrected chi connectivity index (χ1v) is 11.9. The molecule has 10 nitrogen and oxygen atoms in total. The van der Waals surface area contributed by atoms with E-state index in [9.17, 15) is 24.3 Å². The minimum Gasteiger partial charge on any atom is -0.490 e. The van der Waals surface area contributed by atoms with Crippen molar-refractivity contribution in [2.45, 2.75) is 13.8 Å². The van der Waals surface area contributed by atoms with Crippen molar-refractivity contribution in [1.82, 2.24) is 5.32 Å². The number of amides is 2. The van der Waals surface area contributed by atoms with Gasteiger partial charge in [-0.1, -0.05) is 22.0 Å². The van der Waals surface area contributed by atoms with E-state index in [-0.39, 0.29) is 53.3 Å². The highest BCUT2D eigenvalue weighted by atomic mass is 79.9. The van der Waals surface area contributed by atoms with E-state index in [0.29, 0.717) is 10.0 Å². The number of hydrogen-bond acceptors (Lipinski definition) is 8. The number of carbonyl (C=O) groups is 4. The van der Waals surface area contributed by atoms with Crippen molar-refractivity contribution in [1.29, 1.82) is 0 Å². The third-order valence-corrected chi connectivity index (χ3v) is 5.74. The lowest BCUT2D eigenvalue weighted by Gasteiger charge is -2.29. The molecule has 2 aromatic rings. The number of carboxylic acid groups (broad SMARTS) is 1. The van der Waals surface area contributed by atoms with Crippen LogP contribution in [0.2, 0.25) is 0 Å². The Hall–Kier alpha value is -3.77. The summed E-state index contributed by atoms with van der Waals surface area (Å²) in [4.78, 5) is 50.0. The largest absolute Gasteiger partial charge is 0.490 e. The second kappa shape index (κ2) is 11.8. The summed E-state index contributed by atoms with van der Waals surface area (Å²) in [6, 6.07) is 8.71. The summed E-state index contributed by atoms with van der Waals surface area (Å²) in [5.41, 5.74) is 0.306. The summed E-state index contributed by atoms with van der Waals surface area (Å²) in [5.74, 6) is -2.64. The van der Waals surface area contributed by atoms with Crippen LogP contribution < -0.4 is 19.7 Å². The van der Waals surface area contributed by atoms with Gasteiger partial charge in [-0.15, -0.1) is 0 Å². The highest BCUT2D eigenvalue weighted by Gasteiger charge is 2.35. The summed E-state index contributed by atoms with van der Waals surface area (Å²) < 4.78 is 16.4. The Labute approximate surface area is 219 Å². The van der Waals surface area contributed by atoms with E-state index in [1.807, 2.05) is 0 Å². The molecular weight excluding hydrogens is 556 g/mol. The second-order valence-corrected chi connectivity index (χ2v) is 8.40. The van der Waals surface area contributed by atoms with Gasteiger partial charge in [-0.25, -0.2) is 9.59 Å². The first-order chi connectivity index (χ1) is 17.2. The Morgan fingerprint density at radius 2 is 1.83 bits per heavy atom. The van der Waals surface area contributed by atoms with Gasteiger partial charge in [-0.05, 0) is 68.0 Å². The lowest BCUT2D eigenvalue weighted by Crippen LogP contribution is -2.54. The molecule has 1 saturated heterocycles. The molecule has 0 saturated carbocycles. The van der Waals surface area contributed by atoms with Crippen molar-refractivity contribution >= 4 is 68.8 Å². The molecule has 2 amide bonds. The average Bonchev–Trinajstić information content (AvgIpc) is 2.82. The van der Waals surface area contributed by atoms with Crippen LogP contribution in [0, 0.1) is 0 Å². The quantitative estimate of drug-likeness (QED) is 0.199. The van der Waals surface area contributed by atoms with E-state index in [1.165, 1.54) is 30.3 Å². The molecule has 2 N–H and O–H groups in total. The van der Waals surface area contributed by atoms with Gasteiger partial charge in [0.1, 0.15) is 5.57 Å². The normalized spacial score (nSPS) is 14.5. The van der Waals surface area contributed by atoms with Gasteiger partial charge in [-0.3, -0.25) is 19.8 Å². The molecule has 0 aliphatic carbocycles. The summed E-state index contributed by atoms with van der Waals surface area (Å²) in [5, 5.41) is 11.5. The number of carbonyl (C=O) groups excluding carboxylic acids is 3. The SMILES string of the molecule is CCOC(=O)COc1cc(Br)c(C=C2C(=O)NC(=S)N(c3cccc(C(=O)O)c3)C2=O)cc1OCC. The topological polar surface area (TPSA) is 131 Å². The zero-order valence-corrected chi connectivity index (χ0v) is 21.6. The molecular formula is C24H21BrN2O8S. The minimum absolute atomic E-state index is 0.0481. The van der Waals surface area contributed by atoms with Crippen LogP contribution in [0.3, 0.4) is 0 Å². The van der Waals surface area contributed by atoms with Crippen LogP contribution in [0.1, 0.15) is 29.8 Å². The minimum atomic E-state index is -1.18. The molecule has 0 bridgehead atoms. The summed E-state index contributed by atoms with van der Waals surface area (Å²) in [7, 11) is 0. The molecule has 1 fully saturated rings. The lowest BCUT2D eigenvalue weighted by atomic mass is 10.1. The number of benzene rings is 2. The van der Waals surface area contributed by atoms with Gasteiger partial charge in [0, 0.05) is 4.47 Å². The van der Waals surface area contributed by atoms with Crippen molar-refractivity contribution in [3.05, 3.63) is 57.6 Å². The van der Waals surface area contributed by atoms with Crippen molar-refractivity contribution in [2.75, 3.05) is 24.7 Å². The van der Waals surface area contributed by atoms with Gasteiger partial charge in [0.2, 0.25) is 0 Å². The van der Waals surface area contributed by atoms with Gasteiger partial charge in [-0.2, -0.15) is 0 Å². The van der Waals surface area contributed by atoms with Crippen LogP contribution in [0.4, 0.5) is 5.69 Å². The molecule has 0 spiro atoms. The van der Waals surface area contributed by atoms with E-state index in [2.05, 4.69) is 21.2 Å². The molecule has 12 heteroatoms. The first kappa shape index (κ1) is 26.8. The number of thiocarbonyl (C=S) groups is 1. The second-order valence-electron chi connectivity index (χ2n) is 7.16. The molecule has 188 valence electrons. The van der Waals surface area contributed by atoms with Crippen molar-refractivity contribution in [3.8, 4) is 11.5 Å². The number of hydrogen-bond donors (Lipinski definition) is 2. The number of nitrogens with zero attached hydrogens (tertiary/aromatic N) is 1. The maximum absolute atomic E-state index is 13.3. The van der Waals surface area contributed by atoms with Gasteiger partial charge >= 0.3 is 11.9 Å². The fraction of sp³-hybridized carbons (Fsp3) is 0.208. The highest BCUT2D eigenvalue weighted by Crippen LogP contribution is 2.35. The zero-order valence-electron chi connectivity index (χ0n) is 19.2. The first-order valence-electron chi connectivity index (χ1n) is 10.7. The molecule has 1 aliphatic rings. The molecule has 0 aromatic heterocycles. The molecule has 0 radical (unpaired) electrons. The smallest absolute Gasteiger partial charge is 0.344 e. The molecule has 0 atom stereocenters. The number of anilines is 1. The van der Waals surface area contributed by atoms with E-state index in [0.717, 1.165) is 4.90 Å².